The topological polar surface area (TPSA) is 82.1 Å². The van der Waals surface area contributed by atoms with Crippen LogP contribution in [0.15, 0.2) is 58.3 Å². The lowest BCUT2D eigenvalue weighted by Crippen LogP contribution is -2.43. The lowest BCUT2D eigenvalue weighted by atomic mass is 9.98. The Morgan fingerprint density at radius 3 is 2.68 bits per heavy atom. The molecule has 3 rings (SSSR count). The zero-order valence-corrected chi connectivity index (χ0v) is 20.3. The van der Waals surface area contributed by atoms with Gasteiger partial charge in [0.25, 0.3) is 10.0 Å². The van der Waals surface area contributed by atoms with Gasteiger partial charge in [0, 0.05) is 37.9 Å². The third-order valence-corrected chi connectivity index (χ3v) is 6.91. The Hall–Kier alpha value is -2.82. The number of nitrogens with one attached hydrogen (secondary N) is 1. The molecule has 1 aliphatic rings. The zero-order valence-electron chi connectivity index (χ0n) is 18.8. The smallest absolute Gasteiger partial charge is 0.324 e. The third-order valence-electron chi connectivity index (χ3n) is 5.25. The van der Waals surface area contributed by atoms with Crippen LogP contribution >= 0.6 is 11.6 Å². The third kappa shape index (κ3) is 5.99. The van der Waals surface area contributed by atoms with Gasteiger partial charge in [0.1, 0.15) is 6.34 Å². The van der Waals surface area contributed by atoms with E-state index >= 15 is 0 Å². The molecule has 0 fully saturated rings. The van der Waals surface area contributed by atoms with Gasteiger partial charge in [-0.25, -0.2) is 4.90 Å². The highest BCUT2D eigenvalue weighted by Crippen LogP contribution is 2.34. The van der Waals surface area contributed by atoms with Crippen LogP contribution in [0.3, 0.4) is 0 Å². The number of carbonyl (C=O) groups is 1. The summed E-state index contributed by atoms with van der Waals surface area (Å²) in [6, 6.07) is 6.41. The van der Waals surface area contributed by atoms with Crippen LogP contribution < -0.4 is 5.32 Å². The van der Waals surface area contributed by atoms with Crippen LogP contribution in [0.4, 0.5) is 14.5 Å². The number of rotatable bonds is 8. The summed E-state index contributed by atoms with van der Waals surface area (Å²) < 4.78 is 58.1. The fourth-order valence-electron chi connectivity index (χ4n) is 3.58. The molecule has 0 aromatic heterocycles. The van der Waals surface area contributed by atoms with Gasteiger partial charge in [0.2, 0.25) is 5.91 Å². The van der Waals surface area contributed by atoms with Crippen LogP contribution in [-0.2, 0) is 34.2 Å². The Kier molecular flexibility index (Phi) is 7.74. The SMILES string of the molecule is C=CC(F)(F)N1CCc2c(cc(NC(=O)Cc3ccccc3Cl)cc2S(=O)(=O)N=CN(C)C)C1. The lowest BCUT2D eigenvalue weighted by Gasteiger charge is -2.34. The predicted octanol–water partition coefficient (Wildman–Crippen LogP) is 3.94. The van der Waals surface area contributed by atoms with Crippen molar-refractivity contribution in [1.29, 1.82) is 0 Å². The van der Waals surface area contributed by atoms with Crippen molar-refractivity contribution in [2.45, 2.75) is 30.3 Å². The second-order valence-corrected chi connectivity index (χ2v) is 10.1. The Balaban J connectivity index is 2.00. The molecule has 0 saturated heterocycles. The van der Waals surface area contributed by atoms with Gasteiger partial charge in [-0.1, -0.05) is 36.4 Å². The van der Waals surface area contributed by atoms with E-state index in [-0.39, 0.29) is 36.5 Å². The molecule has 1 aliphatic heterocycles. The van der Waals surface area contributed by atoms with Gasteiger partial charge in [-0.05, 0) is 47.4 Å². The van der Waals surface area contributed by atoms with Crippen LogP contribution in [-0.4, -0.2) is 57.1 Å². The molecule has 0 spiro atoms. The van der Waals surface area contributed by atoms with Crippen molar-refractivity contribution < 1.29 is 22.0 Å². The number of hydrogen-bond acceptors (Lipinski definition) is 4. The molecule has 1 amide bonds. The zero-order chi connectivity index (χ0) is 25.1. The van der Waals surface area contributed by atoms with E-state index in [1.807, 2.05) is 0 Å². The number of anilines is 1. The van der Waals surface area contributed by atoms with E-state index < -0.39 is 22.0 Å². The minimum atomic E-state index is -4.15. The molecule has 0 unspecified atom stereocenters. The van der Waals surface area contributed by atoms with Crippen molar-refractivity contribution >= 4 is 39.6 Å². The molecule has 2 aromatic carbocycles. The fourth-order valence-corrected chi connectivity index (χ4v) is 5.03. The summed E-state index contributed by atoms with van der Waals surface area (Å²) in [7, 11) is -0.910. The molecular formula is C23H25ClF2N4O3S. The van der Waals surface area contributed by atoms with Crippen molar-refractivity contribution in [3.8, 4) is 0 Å². The molecule has 0 aliphatic carbocycles. The van der Waals surface area contributed by atoms with Crippen molar-refractivity contribution in [3.63, 3.8) is 0 Å². The van der Waals surface area contributed by atoms with E-state index in [0.717, 1.165) is 11.2 Å². The standard InChI is InChI=1S/C23H25ClF2N4O3S/c1-4-23(25,26)30-10-9-19-17(14-30)11-18(13-21(19)34(32,33)27-15-29(2)3)28-22(31)12-16-7-5-6-8-20(16)24/h4-8,11,13,15H,1,9-10,12,14H2,2-3H3,(H,28,31). The Labute approximate surface area is 202 Å². The minimum Gasteiger partial charge on any atom is -0.368 e. The maximum Gasteiger partial charge on any atom is 0.324 e. The molecule has 7 nitrogen and oxygen atoms in total. The monoisotopic (exact) mass is 510 g/mol. The summed E-state index contributed by atoms with van der Waals surface area (Å²) in [5, 5.41) is 3.09. The van der Waals surface area contributed by atoms with Gasteiger partial charge in [-0.3, -0.25) is 4.79 Å². The van der Waals surface area contributed by atoms with Crippen molar-refractivity contribution in [3.05, 3.63) is 70.8 Å². The van der Waals surface area contributed by atoms with Crippen LogP contribution in [0.1, 0.15) is 16.7 Å². The molecule has 1 heterocycles. The molecule has 0 radical (unpaired) electrons. The Bertz CT molecular complexity index is 1230. The predicted molar refractivity (Wildman–Crippen MR) is 129 cm³/mol. The Morgan fingerprint density at radius 1 is 1.32 bits per heavy atom. The van der Waals surface area contributed by atoms with Gasteiger partial charge >= 0.3 is 6.05 Å². The van der Waals surface area contributed by atoms with Crippen molar-refractivity contribution in [1.82, 2.24) is 9.80 Å². The second-order valence-electron chi connectivity index (χ2n) is 8.05. The highest BCUT2D eigenvalue weighted by molar-refractivity contribution is 7.90. The maximum absolute atomic E-state index is 14.2. The van der Waals surface area contributed by atoms with E-state index in [0.29, 0.717) is 27.8 Å². The summed E-state index contributed by atoms with van der Waals surface area (Å²) in [5.41, 5.74) is 1.52. The summed E-state index contributed by atoms with van der Waals surface area (Å²) in [4.78, 5) is 14.9. The molecule has 34 heavy (non-hydrogen) atoms. The largest absolute Gasteiger partial charge is 0.368 e. The highest BCUT2D eigenvalue weighted by atomic mass is 35.5. The summed E-state index contributed by atoms with van der Waals surface area (Å²) in [5.74, 6) is -0.433. The minimum absolute atomic E-state index is 0.0434. The first-order valence-electron chi connectivity index (χ1n) is 10.4. The molecule has 1 N–H and O–H groups in total. The van der Waals surface area contributed by atoms with Gasteiger partial charge < -0.3 is 10.2 Å². The quantitative estimate of drug-likeness (QED) is 0.252. The normalized spacial score (nSPS) is 14.6. The molecule has 0 saturated carbocycles. The molecule has 2 aromatic rings. The average Bonchev–Trinajstić information content (AvgIpc) is 2.78. The van der Waals surface area contributed by atoms with Crippen molar-refractivity contribution in [2.24, 2.45) is 4.40 Å². The number of benzene rings is 2. The molecule has 182 valence electrons. The number of nitrogens with zero attached hydrogens (tertiary/aromatic N) is 3. The fraction of sp³-hybridized carbons (Fsp3) is 0.304. The van der Waals surface area contributed by atoms with Gasteiger partial charge in [-0.15, -0.1) is 4.40 Å². The van der Waals surface area contributed by atoms with Gasteiger partial charge in [-0.2, -0.15) is 17.2 Å². The molecular weight excluding hydrogens is 486 g/mol. The van der Waals surface area contributed by atoms with E-state index in [1.165, 1.54) is 17.0 Å². The number of halogens is 3. The van der Waals surface area contributed by atoms with Crippen molar-refractivity contribution in [2.75, 3.05) is 26.0 Å². The summed E-state index contributed by atoms with van der Waals surface area (Å²) in [6.07, 6.45) is 1.72. The van der Waals surface area contributed by atoms with E-state index in [1.54, 1.807) is 38.4 Å². The average molecular weight is 511 g/mol. The van der Waals surface area contributed by atoms with Crippen LogP contribution in [0.2, 0.25) is 5.02 Å². The van der Waals surface area contributed by atoms with Crippen LogP contribution in [0.25, 0.3) is 0 Å². The highest BCUT2D eigenvalue weighted by Gasteiger charge is 2.37. The summed E-state index contributed by atoms with van der Waals surface area (Å²) in [6.45, 7) is 2.90. The van der Waals surface area contributed by atoms with Gasteiger partial charge in [0.05, 0.1) is 11.3 Å². The molecule has 0 atom stereocenters. The van der Waals surface area contributed by atoms with E-state index in [9.17, 15) is 22.0 Å². The number of fused-ring (bicyclic) bond motifs is 1. The Morgan fingerprint density at radius 2 is 2.03 bits per heavy atom. The first-order valence-corrected chi connectivity index (χ1v) is 12.2. The number of hydrogen-bond donors (Lipinski definition) is 1. The van der Waals surface area contributed by atoms with E-state index in [2.05, 4.69) is 16.3 Å². The van der Waals surface area contributed by atoms with E-state index in [4.69, 9.17) is 11.6 Å². The van der Waals surface area contributed by atoms with Crippen LogP contribution in [0, 0.1) is 0 Å². The molecule has 0 bridgehead atoms. The number of alkyl halides is 2. The lowest BCUT2D eigenvalue weighted by molar-refractivity contribution is -0.115. The first kappa shape index (κ1) is 25.8. The number of sulfonamides is 1. The molecule has 11 heteroatoms. The number of carbonyl (C=O) groups excluding carboxylic acids is 1. The maximum atomic E-state index is 14.2. The first-order chi connectivity index (χ1) is 15.9. The number of amides is 1. The van der Waals surface area contributed by atoms with Gasteiger partial charge in [0.15, 0.2) is 0 Å². The summed E-state index contributed by atoms with van der Waals surface area (Å²) >= 11 is 6.12. The second kappa shape index (κ2) is 10.2. The van der Waals surface area contributed by atoms with Crippen LogP contribution in [0.5, 0.6) is 0 Å².